The topological polar surface area (TPSA) is 51.7 Å². The fraction of sp³-hybridized carbons (Fsp3) is 0.238. The average molecular weight is 416 g/mol. The molecule has 0 saturated carbocycles. The van der Waals surface area contributed by atoms with E-state index in [0.29, 0.717) is 24.6 Å². The van der Waals surface area contributed by atoms with Gasteiger partial charge >= 0.3 is 0 Å². The van der Waals surface area contributed by atoms with Crippen molar-refractivity contribution in [1.82, 2.24) is 9.88 Å². The van der Waals surface area contributed by atoms with Crippen molar-refractivity contribution >= 4 is 17.2 Å². The molecule has 1 unspecified atom stereocenters. The minimum atomic E-state index is -0.643. The SMILES string of the molecule is O=C(c1ccc(-c2ccccn2)s1)N1CCOC(COc2cc(F)ccc2F)C1. The molecule has 3 heterocycles. The molecule has 0 aliphatic carbocycles. The monoisotopic (exact) mass is 416 g/mol. The molecule has 3 aromatic rings. The first-order valence-electron chi connectivity index (χ1n) is 9.10. The molecule has 1 atom stereocenters. The molecule has 0 radical (unpaired) electrons. The van der Waals surface area contributed by atoms with E-state index < -0.39 is 17.7 Å². The summed E-state index contributed by atoms with van der Waals surface area (Å²) in [7, 11) is 0. The predicted octanol–water partition coefficient (Wildman–Crippen LogP) is 4.01. The van der Waals surface area contributed by atoms with Gasteiger partial charge in [-0.05, 0) is 36.4 Å². The zero-order chi connectivity index (χ0) is 20.2. The summed E-state index contributed by atoms with van der Waals surface area (Å²) >= 11 is 1.39. The average Bonchev–Trinajstić information content (AvgIpc) is 3.25. The summed E-state index contributed by atoms with van der Waals surface area (Å²) in [5, 5.41) is 0. The zero-order valence-corrected chi connectivity index (χ0v) is 16.2. The van der Waals surface area contributed by atoms with Crippen LogP contribution >= 0.6 is 11.3 Å². The number of morpholine rings is 1. The molecular formula is C21H18F2N2O3S. The first-order chi connectivity index (χ1) is 14.1. The quantitative estimate of drug-likeness (QED) is 0.631. The molecule has 1 aliphatic heterocycles. The van der Waals surface area contributed by atoms with Crippen molar-refractivity contribution in [2.75, 3.05) is 26.3 Å². The van der Waals surface area contributed by atoms with E-state index in [0.717, 1.165) is 28.8 Å². The third-order valence-electron chi connectivity index (χ3n) is 4.48. The van der Waals surface area contributed by atoms with Gasteiger partial charge in [0.25, 0.3) is 5.91 Å². The molecule has 150 valence electrons. The number of carbonyl (C=O) groups is 1. The smallest absolute Gasteiger partial charge is 0.264 e. The molecule has 0 N–H and O–H groups in total. The largest absolute Gasteiger partial charge is 0.488 e. The Kier molecular flexibility index (Phi) is 5.82. The molecule has 0 bridgehead atoms. The summed E-state index contributed by atoms with van der Waals surface area (Å²) in [5.74, 6) is -1.49. The number of thiophene rings is 1. The second-order valence-corrected chi connectivity index (χ2v) is 7.59. The van der Waals surface area contributed by atoms with E-state index in [-0.39, 0.29) is 18.3 Å². The molecule has 1 fully saturated rings. The van der Waals surface area contributed by atoms with Gasteiger partial charge in [-0.25, -0.2) is 8.78 Å². The summed E-state index contributed by atoms with van der Waals surface area (Å²) in [6.45, 7) is 1.14. The van der Waals surface area contributed by atoms with E-state index in [4.69, 9.17) is 9.47 Å². The Labute approximate surface area is 170 Å². The number of nitrogens with zero attached hydrogens (tertiary/aromatic N) is 2. The number of aromatic nitrogens is 1. The maximum Gasteiger partial charge on any atom is 0.264 e. The Morgan fingerprint density at radius 3 is 2.97 bits per heavy atom. The Bertz CT molecular complexity index is 997. The van der Waals surface area contributed by atoms with Crippen LogP contribution in [0.3, 0.4) is 0 Å². The summed E-state index contributed by atoms with van der Waals surface area (Å²) in [6, 6.07) is 12.3. The van der Waals surface area contributed by atoms with Crippen LogP contribution in [0.2, 0.25) is 0 Å². The van der Waals surface area contributed by atoms with Gasteiger partial charge in [0, 0.05) is 18.8 Å². The van der Waals surface area contributed by atoms with Crippen LogP contribution in [0, 0.1) is 11.6 Å². The number of amides is 1. The van der Waals surface area contributed by atoms with Crippen LogP contribution in [-0.2, 0) is 4.74 Å². The van der Waals surface area contributed by atoms with Crippen molar-refractivity contribution in [3.63, 3.8) is 0 Å². The lowest BCUT2D eigenvalue weighted by Gasteiger charge is -2.32. The first kappa shape index (κ1) is 19.5. The maximum absolute atomic E-state index is 13.7. The van der Waals surface area contributed by atoms with E-state index in [1.807, 2.05) is 24.3 Å². The number of halogens is 2. The van der Waals surface area contributed by atoms with Gasteiger partial charge in [0.2, 0.25) is 0 Å². The van der Waals surface area contributed by atoms with Gasteiger partial charge < -0.3 is 14.4 Å². The first-order valence-corrected chi connectivity index (χ1v) is 9.92. The highest BCUT2D eigenvalue weighted by Gasteiger charge is 2.27. The molecule has 29 heavy (non-hydrogen) atoms. The van der Waals surface area contributed by atoms with E-state index in [1.54, 1.807) is 17.2 Å². The fourth-order valence-electron chi connectivity index (χ4n) is 3.03. The van der Waals surface area contributed by atoms with Crippen molar-refractivity contribution in [1.29, 1.82) is 0 Å². The number of rotatable bonds is 5. The van der Waals surface area contributed by atoms with Crippen LogP contribution in [-0.4, -0.2) is 48.2 Å². The lowest BCUT2D eigenvalue weighted by Crippen LogP contribution is -2.47. The Hall–Kier alpha value is -2.84. The van der Waals surface area contributed by atoms with Crippen molar-refractivity contribution in [2.24, 2.45) is 0 Å². The molecule has 1 aliphatic rings. The third kappa shape index (κ3) is 4.60. The van der Waals surface area contributed by atoms with Crippen molar-refractivity contribution in [2.45, 2.75) is 6.10 Å². The van der Waals surface area contributed by atoms with Crippen molar-refractivity contribution in [3.8, 4) is 16.3 Å². The van der Waals surface area contributed by atoms with Gasteiger partial charge in [-0.3, -0.25) is 9.78 Å². The number of pyridine rings is 1. The minimum absolute atomic E-state index is 0.0216. The molecule has 8 heteroatoms. The molecule has 2 aromatic heterocycles. The van der Waals surface area contributed by atoms with Gasteiger partial charge in [-0.2, -0.15) is 0 Å². The van der Waals surface area contributed by atoms with Gasteiger partial charge in [0.1, 0.15) is 18.5 Å². The number of ether oxygens (including phenoxy) is 2. The highest BCUT2D eigenvalue weighted by Crippen LogP contribution is 2.27. The van der Waals surface area contributed by atoms with E-state index >= 15 is 0 Å². The fourth-order valence-corrected chi connectivity index (χ4v) is 3.98. The molecule has 4 rings (SSSR count). The summed E-state index contributed by atoms with van der Waals surface area (Å²) < 4.78 is 37.9. The number of carbonyl (C=O) groups excluding carboxylic acids is 1. The second kappa shape index (κ2) is 8.67. The Morgan fingerprint density at radius 1 is 1.24 bits per heavy atom. The molecule has 5 nitrogen and oxygen atoms in total. The van der Waals surface area contributed by atoms with Gasteiger partial charge in [0.15, 0.2) is 11.6 Å². The summed E-state index contributed by atoms with van der Waals surface area (Å²) in [4.78, 5) is 20.4. The lowest BCUT2D eigenvalue weighted by atomic mass is 10.2. The van der Waals surface area contributed by atoms with Crippen LogP contribution in [0.15, 0.2) is 54.7 Å². The second-order valence-electron chi connectivity index (χ2n) is 6.51. The van der Waals surface area contributed by atoms with Crippen LogP contribution in [0.4, 0.5) is 8.78 Å². The normalized spacial score (nSPS) is 16.6. The molecule has 0 spiro atoms. The van der Waals surface area contributed by atoms with E-state index in [1.165, 1.54) is 11.3 Å². The van der Waals surface area contributed by atoms with Crippen LogP contribution in [0.25, 0.3) is 10.6 Å². The maximum atomic E-state index is 13.7. The molecule has 1 aromatic carbocycles. The van der Waals surface area contributed by atoms with Gasteiger partial charge in [0.05, 0.1) is 28.6 Å². The molecule has 1 saturated heterocycles. The van der Waals surface area contributed by atoms with Crippen molar-refractivity contribution in [3.05, 3.63) is 71.2 Å². The minimum Gasteiger partial charge on any atom is -0.488 e. The third-order valence-corrected chi connectivity index (χ3v) is 5.57. The molecule has 1 amide bonds. The van der Waals surface area contributed by atoms with Crippen molar-refractivity contribution < 1.29 is 23.0 Å². The number of hydrogen-bond acceptors (Lipinski definition) is 5. The van der Waals surface area contributed by atoms with E-state index in [2.05, 4.69) is 4.98 Å². The standard InChI is InChI=1S/C21H18F2N2O3S/c22-14-4-5-16(23)18(11-14)28-13-15-12-25(9-10-27-15)21(26)20-7-6-19(29-20)17-3-1-2-8-24-17/h1-8,11,15H,9-10,12-13H2. The number of benzene rings is 1. The Balaban J connectivity index is 1.38. The lowest BCUT2D eigenvalue weighted by molar-refractivity contribution is -0.0404. The predicted molar refractivity (Wildman–Crippen MR) is 105 cm³/mol. The highest BCUT2D eigenvalue weighted by atomic mass is 32.1. The highest BCUT2D eigenvalue weighted by molar-refractivity contribution is 7.17. The zero-order valence-electron chi connectivity index (χ0n) is 15.4. The van der Waals surface area contributed by atoms with Gasteiger partial charge in [-0.15, -0.1) is 11.3 Å². The van der Waals surface area contributed by atoms with E-state index in [9.17, 15) is 13.6 Å². The summed E-state index contributed by atoms with van der Waals surface area (Å²) in [5.41, 5.74) is 0.821. The number of hydrogen-bond donors (Lipinski definition) is 0. The van der Waals surface area contributed by atoms with Gasteiger partial charge in [-0.1, -0.05) is 6.07 Å². The van der Waals surface area contributed by atoms with Crippen LogP contribution < -0.4 is 4.74 Å². The Morgan fingerprint density at radius 2 is 2.14 bits per heavy atom. The van der Waals surface area contributed by atoms with Crippen LogP contribution in [0.5, 0.6) is 5.75 Å². The van der Waals surface area contributed by atoms with Crippen LogP contribution in [0.1, 0.15) is 9.67 Å². The molecular weight excluding hydrogens is 398 g/mol. The summed E-state index contributed by atoms with van der Waals surface area (Å²) in [6.07, 6.45) is 1.29.